The van der Waals surface area contributed by atoms with E-state index in [1.807, 2.05) is 73.7 Å². The minimum absolute atomic E-state index is 0.0943. The van der Waals surface area contributed by atoms with Gasteiger partial charge in [0.1, 0.15) is 0 Å². The second-order valence-corrected chi connectivity index (χ2v) is 7.54. The summed E-state index contributed by atoms with van der Waals surface area (Å²) in [4.78, 5) is 14.7. The molecular weight excluding hydrogens is 386 g/mol. The molecule has 0 aliphatic carbocycles. The molecule has 0 heterocycles. The van der Waals surface area contributed by atoms with Crippen LogP contribution in [0.3, 0.4) is 0 Å². The van der Waals surface area contributed by atoms with Crippen molar-refractivity contribution >= 4 is 5.97 Å². The Kier molecular flexibility index (Phi) is 9.30. The summed E-state index contributed by atoms with van der Waals surface area (Å²) in [6.45, 7) is 4.65. The first-order valence-corrected chi connectivity index (χ1v) is 10.8. The van der Waals surface area contributed by atoms with Gasteiger partial charge in [-0.15, -0.1) is 0 Å². The van der Waals surface area contributed by atoms with Crippen LogP contribution in [0.15, 0.2) is 91.0 Å². The van der Waals surface area contributed by atoms with Gasteiger partial charge < -0.3 is 9.47 Å². The molecule has 3 aromatic carbocycles. The zero-order valence-electron chi connectivity index (χ0n) is 18.2. The number of carbonyl (C=O) groups is 1. The van der Waals surface area contributed by atoms with Crippen molar-refractivity contribution in [2.24, 2.45) is 0 Å². The number of carbonyl (C=O) groups excluding carboxylic acids is 1. The van der Waals surface area contributed by atoms with Crippen molar-refractivity contribution in [2.45, 2.75) is 39.1 Å². The molecule has 3 rings (SSSR count). The lowest BCUT2D eigenvalue weighted by atomic mass is 10.1. The Hall–Kier alpha value is -2.95. The highest BCUT2D eigenvalue weighted by Crippen LogP contribution is 2.17. The predicted molar refractivity (Wildman–Crippen MR) is 123 cm³/mol. The number of benzene rings is 3. The quantitative estimate of drug-likeness (QED) is 0.378. The first-order valence-electron chi connectivity index (χ1n) is 10.8. The molecule has 0 saturated carbocycles. The highest BCUT2D eigenvalue weighted by molar-refractivity contribution is 5.70. The molecule has 31 heavy (non-hydrogen) atoms. The highest BCUT2D eigenvalue weighted by atomic mass is 16.5. The van der Waals surface area contributed by atoms with Crippen LogP contribution < -0.4 is 0 Å². The predicted octanol–water partition coefficient (Wildman–Crippen LogP) is 5.23. The Bertz CT molecular complexity index is 843. The molecule has 0 aromatic heterocycles. The topological polar surface area (TPSA) is 38.8 Å². The summed E-state index contributed by atoms with van der Waals surface area (Å²) in [5.74, 6) is -0.193. The maximum atomic E-state index is 12.4. The van der Waals surface area contributed by atoms with E-state index < -0.39 is 0 Å². The van der Waals surface area contributed by atoms with Gasteiger partial charge in [-0.3, -0.25) is 9.69 Å². The fourth-order valence-electron chi connectivity index (χ4n) is 3.54. The molecule has 0 spiro atoms. The van der Waals surface area contributed by atoms with Crippen LogP contribution in [0.2, 0.25) is 0 Å². The summed E-state index contributed by atoms with van der Waals surface area (Å²) in [5, 5.41) is 0. The van der Waals surface area contributed by atoms with Crippen LogP contribution in [0.1, 0.15) is 30.0 Å². The molecule has 4 nitrogen and oxygen atoms in total. The Labute approximate surface area is 185 Å². The van der Waals surface area contributed by atoms with Gasteiger partial charge in [-0.1, -0.05) is 91.0 Å². The fraction of sp³-hybridized carbons (Fsp3) is 0.296. The Morgan fingerprint density at radius 2 is 1.26 bits per heavy atom. The lowest BCUT2D eigenvalue weighted by Gasteiger charge is -2.31. The minimum Gasteiger partial charge on any atom is -0.466 e. The third-order valence-corrected chi connectivity index (χ3v) is 5.10. The zero-order chi connectivity index (χ0) is 21.7. The van der Waals surface area contributed by atoms with Crippen LogP contribution in [-0.4, -0.2) is 30.1 Å². The minimum atomic E-state index is -0.193. The molecule has 0 N–H and O–H groups in total. The van der Waals surface area contributed by atoms with Crippen LogP contribution in [0.4, 0.5) is 0 Å². The van der Waals surface area contributed by atoms with Gasteiger partial charge in [-0.25, -0.2) is 0 Å². The Morgan fingerprint density at radius 3 is 1.74 bits per heavy atom. The molecule has 1 atom stereocenters. The maximum absolute atomic E-state index is 12.4. The molecule has 0 amide bonds. The fourth-order valence-corrected chi connectivity index (χ4v) is 3.54. The first-order chi connectivity index (χ1) is 15.2. The lowest BCUT2D eigenvalue weighted by molar-refractivity contribution is -0.145. The number of ether oxygens (including phenoxy) is 2. The van der Waals surface area contributed by atoms with Crippen LogP contribution in [-0.2, 0) is 34.0 Å². The van der Waals surface area contributed by atoms with E-state index in [1.165, 1.54) is 11.1 Å². The van der Waals surface area contributed by atoms with Crippen LogP contribution in [0, 0.1) is 0 Å². The van der Waals surface area contributed by atoms with Crippen molar-refractivity contribution in [3.63, 3.8) is 0 Å². The van der Waals surface area contributed by atoms with Crippen LogP contribution >= 0.6 is 0 Å². The molecule has 0 bridgehead atoms. The summed E-state index contributed by atoms with van der Waals surface area (Å²) in [6.07, 6.45) is 0.294. The molecule has 0 aliphatic heterocycles. The molecule has 1 unspecified atom stereocenters. The normalized spacial score (nSPS) is 11.9. The summed E-state index contributed by atoms with van der Waals surface area (Å²) in [6, 6.07) is 30.7. The van der Waals surface area contributed by atoms with Gasteiger partial charge in [0.25, 0.3) is 0 Å². The summed E-state index contributed by atoms with van der Waals surface area (Å²) in [5.41, 5.74) is 3.53. The van der Waals surface area contributed by atoms with E-state index in [0.717, 1.165) is 18.7 Å². The monoisotopic (exact) mass is 417 g/mol. The zero-order valence-corrected chi connectivity index (χ0v) is 18.2. The van der Waals surface area contributed by atoms with Gasteiger partial charge in [0.05, 0.1) is 26.2 Å². The second-order valence-electron chi connectivity index (χ2n) is 7.54. The van der Waals surface area contributed by atoms with Crippen molar-refractivity contribution in [1.82, 2.24) is 4.90 Å². The van der Waals surface area contributed by atoms with Crippen LogP contribution in [0.5, 0.6) is 0 Å². The van der Waals surface area contributed by atoms with E-state index in [2.05, 4.69) is 29.2 Å². The van der Waals surface area contributed by atoms with Crippen LogP contribution in [0.25, 0.3) is 0 Å². The SMILES string of the molecule is CCOC(=O)CC(COCc1ccccc1)N(Cc1ccccc1)Cc1ccccc1. The van der Waals surface area contributed by atoms with E-state index in [1.54, 1.807) is 0 Å². The number of nitrogens with zero attached hydrogens (tertiary/aromatic N) is 1. The van der Waals surface area contributed by atoms with E-state index in [4.69, 9.17) is 9.47 Å². The molecule has 3 aromatic rings. The number of esters is 1. The van der Waals surface area contributed by atoms with E-state index in [0.29, 0.717) is 26.2 Å². The maximum Gasteiger partial charge on any atom is 0.307 e. The van der Waals surface area contributed by atoms with Crippen molar-refractivity contribution in [3.05, 3.63) is 108 Å². The van der Waals surface area contributed by atoms with Gasteiger partial charge in [0, 0.05) is 19.1 Å². The molecular formula is C27H31NO3. The molecule has 4 heteroatoms. The van der Waals surface area contributed by atoms with Gasteiger partial charge >= 0.3 is 5.97 Å². The van der Waals surface area contributed by atoms with E-state index in [9.17, 15) is 4.79 Å². The largest absolute Gasteiger partial charge is 0.466 e. The van der Waals surface area contributed by atoms with Gasteiger partial charge in [-0.2, -0.15) is 0 Å². The van der Waals surface area contributed by atoms with E-state index in [-0.39, 0.29) is 12.0 Å². The molecule has 0 radical (unpaired) electrons. The average Bonchev–Trinajstić information content (AvgIpc) is 2.80. The van der Waals surface area contributed by atoms with E-state index >= 15 is 0 Å². The highest BCUT2D eigenvalue weighted by Gasteiger charge is 2.23. The number of hydrogen-bond acceptors (Lipinski definition) is 4. The van der Waals surface area contributed by atoms with Gasteiger partial charge in [-0.05, 0) is 23.6 Å². The molecule has 0 saturated heterocycles. The first kappa shape index (κ1) is 22.7. The Morgan fingerprint density at radius 1 is 0.774 bits per heavy atom. The standard InChI is InChI=1S/C27H31NO3/c1-2-31-27(29)18-26(22-30-21-25-16-10-5-11-17-25)28(19-23-12-6-3-7-13-23)20-24-14-8-4-9-15-24/h3-17,26H,2,18-22H2,1H3. The van der Waals surface area contributed by atoms with Gasteiger partial charge in [0.2, 0.25) is 0 Å². The summed E-state index contributed by atoms with van der Waals surface area (Å²) < 4.78 is 11.3. The average molecular weight is 418 g/mol. The molecule has 162 valence electrons. The summed E-state index contributed by atoms with van der Waals surface area (Å²) in [7, 11) is 0. The Balaban J connectivity index is 1.76. The molecule has 0 fully saturated rings. The third-order valence-electron chi connectivity index (χ3n) is 5.10. The number of hydrogen-bond donors (Lipinski definition) is 0. The van der Waals surface area contributed by atoms with Gasteiger partial charge in [0.15, 0.2) is 0 Å². The van der Waals surface area contributed by atoms with Crippen molar-refractivity contribution in [2.75, 3.05) is 13.2 Å². The second kappa shape index (κ2) is 12.7. The smallest absolute Gasteiger partial charge is 0.307 e. The number of rotatable bonds is 12. The third kappa shape index (κ3) is 8.00. The van der Waals surface area contributed by atoms with Crippen molar-refractivity contribution in [3.8, 4) is 0 Å². The molecule has 0 aliphatic rings. The van der Waals surface area contributed by atoms with Crippen molar-refractivity contribution in [1.29, 1.82) is 0 Å². The lowest BCUT2D eigenvalue weighted by Crippen LogP contribution is -2.39. The summed E-state index contributed by atoms with van der Waals surface area (Å²) >= 11 is 0. The van der Waals surface area contributed by atoms with Crippen molar-refractivity contribution < 1.29 is 14.3 Å².